The number of nitrogens with zero attached hydrogens (tertiary/aromatic N) is 1. The Balaban J connectivity index is 1.85. The Morgan fingerprint density at radius 2 is 1.95 bits per heavy atom. The fourth-order valence-electron chi connectivity index (χ4n) is 2.01. The van der Waals surface area contributed by atoms with Gasteiger partial charge in [-0.05, 0) is 36.4 Å². The van der Waals surface area contributed by atoms with Gasteiger partial charge in [-0.1, -0.05) is 6.07 Å². The van der Waals surface area contributed by atoms with Crippen molar-refractivity contribution in [1.29, 1.82) is 0 Å². The third kappa shape index (κ3) is 2.59. The number of fused-ring (bicyclic) bond motifs is 1. The molecule has 0 aliphatic heterocycles. The summed E-state index contributed by atoms with van der Waals surface area (Å²) in [5.74, 6) is -1.35. The lowest BCUT2D eigenvalue weighted by atomic mass is 10.1. The first-order chi connectivity index (χ1) is 10.1. The molecule has 3 aromatic rings. The second-order valence-electron chi connectivity index (χ2n) is 4.47. The van der Waals surface area contributed by atoms with Crippen LogP contribution in [0.25, 0.3) is 11.0 Å². The minimum absolute atomic E-state index is 0.122. The van der Waals surface area contributed by atoms with Gasteiger partial charge in [0.25, 0.3) is 5.91 Å². The predicted molar refractivity (Wildman–Crippen MR) is 77.4 cm³/mol. The number of carboxylic acids is 1. The summed E-state index contributed by atoms with van der Waals surface area (Å²) in [5.41, 5.74) is 2.57. The predicted octanol–water partition coefficient (Wildman–Crippen LogP) is 2.51. The van der Waals surface area contributed by atoms with Gasteiger partial charge in [-0.15, -0.1) is 0 Å². The molecule has 3 rings (SSSR count). The molecule has 0 bridgehead atoms. The van der Waals surface area contributed by atoms with E-state index in [0.29, 0.717) is 11.3 Å². The van der Waals surface area contributed by atoms with E-state index in [1.807, 2.05) is 0 Å². The molecule has 0 unspecified atom stereocenters. The molecule has 0 saturated carbocycles. The molecule has 2 aromatic carbocycles. The molecule has 21 heavy (non-hydrogen) atoms. The van der Waals surface area contributed by atoms with Crippen LogP contribution in [0, 0.1) is 0 Å². The molecule has 0 fully saturated rings. The van der Waals surface area contributed by atoms with Gasteiger partial charge in [0.15, 0.2) is 0 Å². The van der Waals surface area contributed by atoms with E-state index in [9.17, 15) is 9.59 Å². The molecule has 0 spiro atoms. The van der Waals surface area contributed by atoms with E-state index >= 15 is 0 Å². The molecule has 6 heteroatoms. The Morgan fingerprint density at radius 3 is 2.76 bits per heavy atom. The van der Waals surface area contributed by atoms with Crippen LogP contribution in [-0.4, -0.2) is 27.0 Å². The van der Waals surface area contributed by atoms with Gasteiger partial charge < -0.3 is 15.4 Å². The Labute approximate surface area is 119 Å². The van der Waals surface area contributed by atoms with Crippen molar-refractivity contribution < 1.29 is 14.7 Å². The van der Waals surface area contributed by atoms with Crippen LogP contribution in [0.5, 0.6) is 0 Å². The minimum Gasteiger partial charge on any atom is -0.478 e. The summed E-state index contributed by atoms with van der Waals surface area (Å²) in [5, 5.41) is 11.6. The minimum atomic E-state index is -1.04. The largest absolute Gasteiger partial charge is 0.478 e. The topological polar surface area (TPSA) is 95.1 Å². The van der Waals surface area contributed by atoms with Gasteiger partial charge in [-0.25, -0.2) is 9.78 Å². The summed E-state index contributed by atoms with van der Waals surface area (Å²) in [4.78, 5) is 30.1. The number of benzene rings is 2. The summed E-state index contributed by atoms with van der Waals surface area (Å²) < 4.78 is 0. The fourth-order valence-corrected chi connectivity index (χ4v) is 2.01. The lowest BCUT2D eigenvalue weighted by molar-refractivity contribution is 0.0696. The van der Waals surface area contributed by atoms with Crippen molar-refractivity contribution in [3.63, 3.8) is 0 Å². The number of anilines is 1. The number of hydrogen-bond acceptors (Lipinski definition) is 3. The number of carbonyl (C=O) groups excluding carboxylic acids is 1. The van der Waals surface area contributed by atoms with Crippen molar-refractivity contribution in [3.8, 4) is 0 Å². The zero-order valence-corrected chi connectivity index (χ0v) is 10.8. The highest BCUT2D eigenvalue weighted by Gasteiger charge is 2.09. The second kappa shape index (κ2) is 5.09. The smallest absolute Gasteiger partial charge is 0.335 e. The lowest BCUT2D eigenvalue weighted by Crippen LogP contribution is -2.12. The van der Waals surface area contributed by atoms with E-state index in [2.05, 4.69) is 15.3 Å². The molecule has 1 amide bonds. The first-order valence-corrected chi connectivity index (χ1v) is 6.21. The number of rotatable bonds is 3. The quantitative estimate of drug-likeness (QED) is 0.687. The van der Waals surface area contributed by atoms with E-state index < -0.39 is 5.97 Å². The van der Waals surface area contributed by atoms with Crippen LogP contribution >= 0.6 is 0 Å². The second-order valence-corrected chi connectivity index (χ2v) is 4.47. The summed E-state index contributed by atoms with van der Waals surface area (Å²) >= 11 is 0. The molecule has 1 heterocycles. The third-order valence-corrected chi connectivity index (χ3v) is 3.05. The average molecular weight is 281 g/mol. The van der Waals surface area contributed by atoms with E-state index in [-0.39, 0.29) is 11.5 Å². The lowest BCUT2D eigenvalue weighted by Gasteiger charge is -2.06. The summed E-state index contributed by atoms with van der Waals surface area (Å²) in [6.07, 6.45) is 1.56. The first kappa shape index (κ1) is 12.9. The number of nitrogens with one attached hydrogen (secondary N) is 2. The van der Waals surface area contributed by atoms with Gasteiger partial charge in [-0.2, -0.15) is 0 Å². The maximum atomic E-state index is 12.2. The van der Waals surface area contributed by atoms with Gasteiger partial charge in [-0.3, -0.25) is 4.79 Å². The highest BCUT2D eigenvalue weighted by Crippen LogP contribution is 2.15. The molecule has 6 nitrogen and oxygen atoms in total. The molecule has 104 valence electrons. The van der Waals surface area contributed by atoms with E-state index in [4.69, 9.17) is 5.11 Å². The van der Waals surface area contributed by atoms with Gasteiger partial charge in [0.05, 0.1) is 22.9 Å². The van der Waals surface area contributed by atoms with Crippen molar-refractivity contribution >= 4 is 28.6 Å². The number of carboxylic acid groups (broad SMARTS) is 1. The molecule has 3 N–H and O–H groups in total. The maximum Gasteiger partial charge on any atom is 0.335 e. The average Bonchev–Trinajstić information content (AvgIpc) is 2.94. The van der Waals surface area contributed by atoms with Gasteiger partial charge >= 0.3 is 5.97 Å². The number of hydrogen-bond donors (Lipinski definition) is 3. The third-order valence-electron chi connectivity index (χ3n) is 3.05. The molecular weight excluding hydrogens is 270 g/mol. The normalized spacial score (nSPS) is 10.5. The highest BCUT2D eigenvalue weighted by atomic mass is 16.4. The standard InChI is InChI=1S/C15H11N3O3/c19-14(9-4-5-12-13(7-9)17-8-16-12)18-11-3-1-2-10(6-11)15(20)21/h1-8H,(H,16,17)(H,18,19)(H,20,21). The van der Waals surface area contributed by atoms with Crippen LogP contribution in [-0.2, 0) is 0 Å². The molecule has 0 atom stereocenters. The fraction of sp³-hybridized carbons (Fsp3) is 0. The molecule has 0 aliphatic carbocycles. The van der Waals surface area contributed by atoms with Crippen molar-refractivity contribution in [1.82, 2.24) is 9.97 Å². The number of imidazole rings is 1. The number of amides is 1. The summed E-state index contributed by atoms with van der Waals surface area (Å²) in [6.45, 7) is 0. The Kier molecular flexibility index (Phi) is 3.12. The first-order valence-electron chi connectivity index (χ1n) is 6.21. The van der Waals surface area contributed by atoms with Crippen molar-refractivity contribution in [2.24, 2.45) is 0 Å². The molecule has 0 radical (unpaired) electrons. The van der Waals surface area contributed by atoms with E-state index in [0.717, 1.165) is 11.0 Å². The molecule has 0 saturated heterocycles. The Morgan fingerprint density at radius 1 is 1.10 bits per heavy atom. The number of aromatic nitrogens is 2. The van der Waals surface area contributed by atoms with Crippen LogP contribution in [0.15, 0.2) is 48.8 Å². The van der Waals surface area contributed by atoms with Gasteiger partial charge in [0.2, 0.25) is 0 Å². The van der Waals surface area contributed by atoms with Crippen LogP contribution in [0.3, 0.4) is 0 Å². The monoisotopic (exact) mass is 281 g/mol. The maximum absolute atomic E-state index is 12.2. The zero-order chi connectivity index (χ0) is 14.8. The zero-order valence-electron chi connectivity index (χ0n) is 10.8. The molecule has 0 aliphatic rings. The van der Waals surface area contributed by atoms with Crippen molar-refractivity contribution in [3.05, 3.63) is 59.9 Å². The van der Waals surface area contributed by atoms with Crippen LogP contribution in [0.4, 0.5) is 5.69 Å². The highest BCUT2D eigenvalue weighted by molar-refractivity contribution is 6.06. The SMILES string of the molecule is O=C(O)c1cccc(NC(=O)c2ccc3nc[nH]c3c2)c1. The van der Waals surface area contributed by atoms with Crippen molar-refractivity contribution in [2.45, 2.75) is 0 Å². The van der Waals surface area contributed by atoms with Crippen molar-refractivity contribution in [2.75, 3.05) is 5.32 Å². The number of carbonyl (C=O) groups is 2. The Hall–Kier alpha value is -3.15. The summed E-state index contributed by atoms with van der Waals surface area (Å²) in [6, 6.07) is 11.2. The van der Waals surface area contributed by atoms with Crippen LogP contribution in [0.1, 0.15) is 20.7 Å². The summed E-state index contributed by atoms with van der Waals surface area (Å²) in [7, 11) is 0. The van der Waals surface area contributed by atoms with Crippen LogP contribution < -0.4 is 5.32 Å². The number of aromatic amines is 1. The molecule has 1 aromatic heterocycles. The van der Waals surface area contributed by atoms with E-state index in [1.54, 1.807) is 36.7 Å². The Bertz CT molecular complexity index is 839. The molecular formula is C15H11N3O3. The van der Waals surface area contributed by atoms with Gasteiger partial charge in [0.1, 0.15) is 0 Å². The number of H-pyrrole nitrogens is 1. The van der Waals surface area contributed by atoms with E-state index in [1.165, 1.54) is 12.1 Å². The number of aromatic carboxylic acids is 1. The van der Waals surface area contributed by atoms with Gasteiger partial charge in [0, 0.05) is 11.3 Å². The van der Waals surface area contributed by atoms with Crippen LogP contribution in [0.2, 0.25) is 0 Å².